The summed E-state index contributed by atoms with van der Waals surface area (Å²) in [5.74, 6) is 1.57. The average Bonchev–Trinajstić information content (AvgIpc) is 3.19. The fourth-order valence-electron chi connectivity index (χ4n) is 5.79. The molecular formula is C21H23FN4O3S. The van der Waals surface area contributed by atoms with Crippen molar-refractivity contribution in [3.8, 4) is 11.5 Å². The van der Waals surface area contributed by atoms with E-state index in [1.807, 2.05) is 0 Å². The maximum atomic E-state index is 13.0. The molecule has 30 heavy (non-hydrogen) atoms. The van der Waals surface area contributed by atoms with Crippen LogP contribution in [-0.2, 0) is 9.59 Å². The number of hydrazine groups is 1. The Balaban J connectivity index is 1.11. The minimum atomic E-state index is -0.347. The van der Waals surface area contributed by atoms with Crippen molar-refractivity contribution >= 4 is 23.6 Å². The molecule has 7 nitrogen and oxygen atoms in total. The van der Waals surface area contributed by atoms with E-state index < -0.39 is 0 Å². The molecule has 4 saturated carbocycles. The van der Waals surface area contributed by atoms with Gasteiger partial charge in [-0.3, -0.25) is 20.4 Å². The Morgan fingerprint density at radius 2 is 1.67 bits per heavy atom. The van der Waals surface area contributed by atoms with Crippen LogP contribution in [0.2, 0.25) is 0 Å². The standard InChI is InChI=1S/C21H23FN4O3S/c22-16-3-1-15(2-4-16)18-24-26-20(29-18)30-11-17(27)23-25-19(28)21-8-12-5-13(9-21)7-14(6-12)10-21/h1-4,12-14H,5-11H2,(H,23,27)(H,25,28). The third kappa shape index (κ3) is 3.82. The molecule has 2 aromatic rings. The van der Waals surface area contributed by atoms with Crippen LogP contribution in [0.1, 0.15) is 38.5 Å². The topological polar surface area (TPSA) is 97.1 Å². The Morgan fingerprint density at radius 1 is 1.03 bits per heavy atom. The van der Waals surface area contributed by atoms with Gasteiger partial charge in [0.2, 0.25) is 17.7 Å². The van der Waals surface area contributed by atoms with Gasteiger partial charge in [0.05, 0.1) is 11.2 Å². The predicted molar refractivity (Wildman–Crippen MR) is 107 cm³/mol. The number of nitrogens with zero attached hydrogens (tertiary/aromatic N) is 2. The van der Waals surface area contributed by atoms with Crippen LogP contribution in [0.15, 0.2) is 33.9 Å². The summed E-state index contributed by atoms with van der Waals surface area (Å²) in [6.07, 6.45) is 6.63. The smallest absolute Gasteiger partial charge is 0.277 e. The first-order chi connectivity index (χ1) is 14.5. The van der Waals surface area contributed by atoms with Crippen LogP contribution in [0.3, 0.4) is 0 Å². The minimum Gasteiger partial charge on any atom is -0.411 e. The van der Waals surface area contributed by atoms with Crippen molar-refractivity contribution in [3.63, 3.8) is 0 Å². The number of carbonyl (C=O) groups is 2. The lowest BCUT2D eigenvalue weighted by Crippen LogP contribution is -2.56. The van der Waals surface area contributed by atoms with E-state index in [1.54, 1.807) is 12.1 Å². The number of amides is 2. The molecule has 2 amide bonds. The fraction of sp³-hybridized carbons (Fsp3) is 0.524. The molecule has 0 radical (unpaired) electrons. The molecule has 9 heteroatoms. The lowest BCUT2D eigenvalue weighted by Gasteiger charge is -2.55. The number of hydrogen-bond acceptors (Lipinski definition) is 6. The Morgan fingerprint density at radius 3 is 2.30 bits per heavy atom. The lowest BCUT2D eigenvalue weighted by atomic mass is 9.49. The van der Waals surface area contributed by atoms with E-state index in [9.17, 15) is 14.0 Å². The summed E-state index contributed by atoms with van der Waals surface area (Å²) in [5, 5.41) is 8.04. The first-order valence-electron chi connectivity index (χ1n) is 10.3. The first kappa shape index (κ1) is 19.5. The summed E-state index contributed by atoms with van der Waals surface area (Å²) >= 11 is 1.08. The lowest BCUT2D eigenvalue weighted by molar-refractivity contribution is -0.148. The maximum Gasteiger partial charge on any atom is 0.277 e. The second-order valence-corrected chi connectivity index (χ2v) is 9.80. The molecule has 1 aromatic heterocycles. The van der Waals surface area contributed by atoms with E-state index in [-0.39, 0.29) is 39.9 Å². The predicted octanol–water partition coefficient (Wildman–Crippen LogP) is 3.33. The molecule has 4 aliphatic carbocycles. The molecule has 158 valence electrons. The fourth-order valence-corrected chi connectivity index (χ4v) is 6.35. The van der Waals surface area contributed by atoms with Gasteiger partial charge < -0.3 is 4.42 Å². The van der Waals surface area contributed by atoms with Crippen LogP contribution in [0.25, 0.3) is 11.5 Å². The van der Waals surface area contributed by atoms with Gasteiger partial charge in [-0.1, -0.05) is 11.8 Å². The minimum absolute atomic E-state index is 0.0339. The third-order valence-electron chi connectivity index (χ3n) is 6.66. The van der Waals surface area contributed by atoms with Gasteiger partial charge in [0, 0.05) is 5.56 Å². The highest BCUT2D eigenvalue weighted by Gasteiger charge is 2.54. The van der Waals surface area contributed by atoms with E-state index >= 15 is 0 Å². The molecule has 0 aliphatic heterocycles. The highest BCUT2D eigenvalue weighted by atomic mass is 32.2. The summed E-state index contributed by atoms with van der Waals surface area (Å²) in [5.41, 5.74) is 5.49. The van der Waals surface area contributed by atoms with Gasteiger partial charge in [-0.2, -0.15) is 0 Å². The van der Waals surface area contributed by atoms with Crippen LogP contribution < -0.4 is 10.9 Å². The van der Waals surface area contributed by atoms with Crippen molar-refractivity contribution < 1.29 is 18.4 Å². The molecule has 4 fully saturated rings. The summed E-state index contributed by atoms with van der Waals surface area (Å²) in [6.45, 7) is 0. The van der Waals surface area contributed by atoms with E-state index in [2.05, 4.69) is 21.0 Å². The van der Waals surface area contributed by atoms with Crippen LogP contribution in [-0.4, -0.2) is 27.8 Å². The normalized spacial score (nSPS) is 29.0. The van der Waals surface area contributed by atoms with E-state index in [0.29, 0.717) is 23.3 Å². The molecule has 4 aliphatic rings. The van der Waals surface area contributed by atoms with Crippen LogP contribution >= 0.6 is 11.8 Å². The van der Waals surface area contributed by atoms with Crippen molar-refractivity contribution in [1.82, 2.24) is 21.0 Å². The molecular weight excluding hydrogens is 407 g/mol. The van der Waals surface area contributed by atoms with Crippen molar-refractivity contribution in [2.45, 2.75) is 43.7 Å². The second-order valence-electron chi connectivity index (χ2n) is 8.87. The number of carbonyl (C=O) groups excluding carboxylic acids is 2. The van der Waals surface area contributed by atoms with E-state index in [1.165, 1.54) is 31.4 Å². The van der Waals surface area contributed by atoms with Crippen molar-refractivity contribution in [1.29, 1.82) is 0 Å². The average molecular weight is 431 g/mol. The number of hydrogen-bond donors (Lipinski definition) is 2. The summed E-state index contributed by atoms with van der Waals surface area (Å²) < 4.78 is 18.5. The Labute approximate surface area is 177 Å². The molecule has 0 saturated heterocycles. The first-order valence-corrected chi connectivity index (χ1v) is 11.3. The van der Waals surface area contributed by atoms with Gasteiger partial charge in [-0.05, 0) is 80.5 Å². The number of thioether (sulfide) groups is 1. The van der Waals surface area contributed by atoms with Crippen molar-refractivity contribution in [2.75, 3.05) is 5.75 Å². The molecule has 1 aromatic carbocycles. The molecule has 0 unspecified atom stereocenters. The quantitative estimate of drug-likeness (QED) is 0.558. The maximum absolute atomic E-state index is 13.0. The van der Waals surface area contributed by atoms with Crippen LogP contribution in [0.5, 0.6) is 0 Å². The Hall–Kier alpha value is -2.42. The number of rotatable bonds is 5. The highest BCUT2D eigenvalue weighted by molar-refractivity contribution is 7.99. The number of halogens is 1. The highest BCUT2D eigenvalue weighted by Crippen LogP contribution is 2.60. The second kappa shape index (κ2) is 7.68. The molecule has 1 heterocycles. The van der Waals surface area contributed by atoms with Crippen LogP contribution in [0.4, 0.5) is 4.39 Å². The Kier molecular flexibility index (Phi) is 5.00. The third-order valence-corrected chi connectivity index (χ3v) is 7.48. The largest absolute Gasteiger partial charge is 0.411 e. The number of benzene rings is 1. The summed E-state index contributed by atoms with van der Waals surface area (Å²) in [7, 11) is 0. The molecule has 4 bridgehead atoms. The van der Waals surface area contributed by atoms with Gasteiger partial charge in [0.25, 0.3) is 5.22 Å². The zero-order valence-electron chi connectivity index (χ0n) is 16.4. The van der Waals surface area contributed by atoms with Gasteiger partial charge in [-0.15, -0.1) is 10.2 Å². The summed E-state index contributed by atoms with van der Waals surface area (Å²) in [6, 6.07) is 5.71. The van der Waals surface area contributed by atoms with E-state index in [0.717, 1.165) is 31.0 Å². The van der Waals surface area contributed by atoms with Crippen molar-refractivity contribution in [3.05, 3.63) is 30.1 Å². The number of aromatic nitrogens is 2. The van der Waals surface area contributed by atoms with Gasteiger partial charge in [-0.25, -0.2) is 4.39 Å². The van der Waals surface area contributed by atoms with Gasteiger partial charge in [0.15, 0.2) is 0 Å². The zero-order chi connectivity index (χ0) is 20.7. The van der Waals surface area contributed by atoms with Crippen LogP contribution in [0, 0.1) is 29.0 Å². The molecule has 2 N–H and O–H groups in total. The molecule has 6 rings (SSSR count). The zero-order valence-corrected chi connectivity index (χ0v) is 17.2. The summed E-state index contributed by atoms with van der Waals surface area (Å²) in [4.78, 5) is 25.0. The molecule has 0 spiro atoms. The SMILES string of the molecule is O=C(CSc1nnc(-c2ccc(F)cc2)o1)NNC(=O)C12CC3CC(CC(C3)C1)C2. The van der Waals surface area contributed by atoms with Crippen molar-refractivity contribution in [2.24, 2.45) is 23.2 Å². The van der Waals surface area contributed by atoms with E-state index in [4.69, 9.17) is 4.42 Å². The molecule has 0 atom stereocenters. The van der Waals surface area contributed by atoms with Gasteiger partial charge >= 0.3 is 0 Å². The van der Waals surface area contributed by atoms with Gasteiger partial charge in [0.1, 0.15) is 5.82 Å². The Bertz CT molecular complexity index is 926. The number of nitrogens with one attached hydrogen (secondary N) is 2. The monoisotopic (exact) mass is 430 g/mol.